The average Bonchev–Trinajstić information content (AvgIpc) is 2.96. The lowest BCUT2D eigenvalue weighted by Gasteiger charge is -2.11. The fourth-order valence-corrected chi connectivity index (χ4v) is 1.84. The largest absolute Gasteiger partial charge is 0.480 e. The minimum Gasteiger partial charge on any atom is -0.480 e. The van der Waals surface area contributed by atoms with Crippen molar-refractivity contribution in [3.8, 4) is 5.69 Å². The lowest BCUT2D eigenvalue weighted by Crippen LogP contribution is -2.43. The van der Waals surface area contributed by atoms with Crippen molar-refractivity contribution in [1.29, 1.82) is 0 Å². The fourth-order valence-electron chi connectivity index (χ4n) is 1.84. The van der Waals surface area contributed by atoms with Crippen LogP contribution < -0.4 is 5.32 Å². The molecule has 116 valence electrons. The van der Waals surface area contributed by atoms with Crippen molar-refractivity contribution >= 4 is 11.9 Å². The van der Waals surface area contributed by atoms with Crippen molar-refractivity contribution in [2.45, 2.75) is 13.0 Å². The van der Waals surface area contributed by atoms with E-state index in [1.165, 1.54) is 18.0 Å². The van der Waals surface area contributed by atoms with E-state index in [-0.39, 0.29) is 12.3 Å². The molecule has 0 bridgehead atoms. The summed E-state index contributed by atoms with van der Waals surface area (Å²) in [6.45, 7) is 1.81. The van der Waals surface area contributed by atoms with Crippen LogP contribution in [-0.4, -0.2) is 51.7 Å². The van der Waals surface area contributed by atoms with E-state index >= 15 is 0 Å². The number of hydrogen-bond donors (Lipinski definition) is 2. The van der Waals surface area contributed by atoms with Crippen LogP contribution in [0.4, 0.5) is 0 Å². The minimum atomic E-state index is -1.18. The van der Waals surface area contributed by atoms with E-state index in [9.17, 15) is 9.59 Å². The van der Waals surface area contributed by atoms with Gasteiger partial charge in [-0.25, -0.2) is 9.48 Å². The minimum absolute atomic E-state index is 0.0314. The summed E-state index contributed by atoms with van der Waals surface area (Å²) >= 11 is 0. The highest BCUT2D eigenvalue weighted by molar-refractivity contribution is 5.94. The first-order chi connectivity index (χ1) is 10.5. The predicted molar refractivity (Wildman–Crippen MR) is 76.9 cm³/mol. The number of amides is 1. The second-order valence-electron chi connectivity index (χ2n) is 4.71. The Morgan fingerprint density at radius 1 is 1.45 bits per heavy atom. The summed E-state index contributed by atoms with van der Waals surface area (Å²) in [4.78, 5) is 23.0. The molecule has 0 spiro atoms. The van der Waals surface area contributed by atoms with Crippen molar-refractivity contribution in [1.82, 2.24) is 20.3 Å². The van der Waals surface area contributed by atoms with Gasteiger partial charge in [0.1, 0.15) is 0 Å². The van der Waals surface area contributed by atoms with Gasteiger partial charge >= 0.3 is 5.97 Å². The molecule has 0 fully saturated rings. The van der Waals surface area contributed by atoms with Crippen molar-refractivity contribution in [3.63, 3.8) is 0 Å². The summed E-state index contributed by atoms with van der Waals surface area (Å²) in [6, 6.07) is 6.39. The van der Waals surface area contributed by atoms with Gasteiger partial charge in [0.2, 0.25) is 0 Å². The number of aromatic nitrogens is 3. The van der Waals surface area contributed by atoms with Crippen molar-refractivity contribution in [2.75, 3.05) is 13.7 Å². The number of carbonyl (C=O) groups is 2. The Balaban J connectivity index is 2.13. The van der Waals surface area contributed by atoms with E-state index in [0.717, 1.165) is 11.3 Å². The van der Waals surface area contributed by atoms with Gasteiger partial charge in [0.15, 0.2) is 11.7 Å². The quantitative estimate of drug-likeness (QED) is 0.800. The summed E-state index contributed by atoms with van der Waals surface area (Å²) in [5.74, 6) is -1.80. The lowest BCUT2D eigenvalue weighted by molar-refractivity contribution is -0.140. The number of carbonyl (C=O) groups excluding carboxylic acids is 1. The Hall–Kier alpha value is -2.74. The summed E-state index contributed by atoms with van der Waals surface area (Å²) in [7, 11) is 1.36. The molecule has 1 aromatic heterocycles. The number of benzene rings is 1. The molecule has 0 aliphatic carbocycles. The zero-order valence-corrected chi connectivity index (χ0v) is 12.2. The maximum Gasteiger partial charge on any atom is 0.328 e. The second kappa shape index (κ2) is 6.81. The molecule has 2 aromatic rings. The van der Waals surface area contributed by atoms with Crippen molar-refractivity contribution in [3.05, 3.63) is 41.7 Å². The molecule has 1 aromatic carbocycles. The van der Waals surface area contributed by atoms with Crippen LogP contribution in [0.3, 0.4) is 0 Å². The van der Waals surface area contributed by atoms with Gasteiger partial charge in [0.25, 0.3) is 5.91 Å². The summed E-state index contributed by atoms with van der Waals surface area (Å²) in [6.07, 6.45) is 1.44. The van der Waals surface area contributed by atoms with Gasteiger partial charge in [-0.3, -0.25) is 4.79 Å². The number of nitrogens with zero attached hydrogens (tertiary/aromatic N) is 3. The van der Waals surface area contributed by atoms with Crippen LogP contribution in [0.25, 0.3) is 5.69 Å². The third-order valence-electron chi connectivity index (χ3n) is 2.93. The Kier molecular flexibility index (Phi) is 4.84. The molecule has 2 rings (SSSR count). The molecule has 0 aliphatic heterocycles. The Bertz CT molecular complexity index is 683. The van der Waals surface area contributed by atoms with Gasteiger partial charge in [-0.05, 0) is 24.6 Å². The van der Waals surface area contributed by atoms with E-state index in [0.29, 0.717) is 0 Å². The van der Waals surface area contributed by atoms with Crippen LogP contribution in [0.15, 0.2) is 30.5 Å². The number of carboxylic acids is 1. The molecular formula is C14H16N4O4. The van der Waals surface area contributed by atoms with Gasteiger partial charge in [0.05, 0.1) is 18.5 Å². The maximum absolute atomic E-state index is 12.0. The molecule has 0 saturated heterocycles. The van der Waals surface area contributed by atoms with Crippen LogP contribution in [0.1, 0.15) is 16.1 Å². The number of aliphatic carboxylic acids is 1. The Labute approximate surface area is 126 Å². The number of aryl methyl sites for hydroxylation is 1. The topological polar surface area (TPSA) is 106 Å². The highest BCUT2D eigenvalue weighted by Crippen LogP contribution is 2.09. The number of methoxy groups -OCH3 is 1. The molecule has 0 aliphatic rings. The van der Waals surface area contributed by atoms with Crippen LogP contribution >= 0.6 is 0 Å². The SMILES string of the molecule is COCC(NC(=O)c1cn(-c2cccc(C)c2)nn1)C(=O)O. The van der Waals surface area contributed by atoms with Gasteiger partial charge in [-0.15, -0.1) is 5.10 Å². The normalized spacial score (nSPS) is 11.9. The lowest BCUT2D eigenvalue weighted by atomic mass is 10.2. The van der Waals surface area contributed by atoms with E-state index in [1.54, 1.807) is 0 Å². The fraction of sp³-hybridized carbons (Fsp3) is 0.286. The van der Waals surface area contributed by atoms with Crippen molar-refractivity contribution < 1.29 is 19.4 Å². The molecule has 0 radical (unpaired) electrons. The van der Waals surface area contributed by atoms with E-state index in [1.807, 2.05) is 31.2 Å². The van der Waals surface area contributed by atoms with E-state index in [4.69, 9.17) is 9.84 Å². The first-order valence-corrected chi connectivity index (χ1v) is 6.53. The van der Waals surface area contributed by atoms with Crippen LogP contribution in [0.2, 0.25) is 0 Å². The molecular weight excluding hydrogens is 288 g/mol. The zero-order valence-electron chi connectivity index (χ0n) is 12.2. The van der Waals surface area contributed by atoms with Gasteiger partial charge in [-0.2, -0.15) is 0 Å². The first-order valence-electron chi connectivity index (χ1n) is 6.53. The third kappa shape index (κ3) is 3.67. The van der Waals surface area contributed by atoms with Gasteiger partial charge in [-0.1, -0.05) is 17.3 Å². The number of rotatable bonds is 6. The molecule has 1 heterocycles. The number of nitrogens with one attached hydrogen (secondary N) is 1. The monoisotopic (exact) mass is 304 g/mol. The highest BCUT2D eigenvalue weighted by Gasteiger charge is 2.22. The van der Waals surface area contributed by atoms with Crippen molar-refractivity contribution in [2.24, 2.45) is 0 Å². The van der Waals surface area contributed by atoms with E-state index in [2.05, 4.69) is 15.6 Å². The van der Waals surface area contributed by atoms with Crippen LogP contribution in [-0.2, 0) is 9.53 Å². The zero-order chi connectivity index (χ0) is 16.1. The Morgan fingerprint density at radius 3 is 2.86 bits per heavy atom. The molecule has 1 atom stereocenters. The number of carboxylic acid groups (broad SMARTS) is 1. The summed E-state index contributed by atoms with van der Waals surface area (Å²) in [5, 5.41) is 18.9. The highest BCUT2D eigenvalue weighted by atomic mass is 16.5. The predicted octanol–water partition coefficient (Wildman–Crippen LogP) is 0.405. The molecule has 2 N–H and O–H groups in total. The van der Waals surface area contributed by atoms with E-state index < -0.39 is 17.9 Å². The first kappa shape index (κ1) is 15.6. The molecule has 22 heavy (non-hydrogen) atoms. The standard InChI is InChI=1S/C14H16N4O4/c1-9-4-3-5-10(6-9)18-7-11(16-17-18)13(19)15-12(8-22-2)14(20)21/h3-7,12H,8H2,1-2H3,(H,15,19)(H,20,21). The molecule has 8 heteroatoms. The maximum atomic E-state index is 12.0. The van der Waals surface area contributed by atoms with Gasteiger partial charge in [0, 0.05) is 7.11 Å². The number of hydrogen-bond acceptors (Lipinski definition) is 5. The average molecular weight is 304 g/mol. The van der Waals surface area contributed by atoms with Crippen LogP contribution in [0.5, 0.6) is 0 Å². The van der Waals surface area contributed by atoms with Crippen LogP contribution in [0, 0.1) is 6.92 Å². The molecule has 0 saturated carbocycles. The second-order valence-corrected chi connectivity index (χ2v) is 4.71. The smallest absolute Gasteiger partial charge is 0.328 e. The molecule has 1 amide bonds. The third-order valence-corrected chi connectivity index (χ3v) is 2.93. The number of ether oxygens (including phenoxy) is 1. The Morgan fingerprint density at radius 2 is 2.23 bits per heavy atom. The summed E-state index contributed by atoms with van der Waals surface area (Å²) < 4.78 is 6.21. The molecule has 8 nitrogen and oxygen atoms in total. The molecule has 1 unspecified atom stereocenters. The van der Waals surface area contributed by atoms with Gasteiger partial charge < -0.3 is 15.2 Å². The summed E-state index contributed by atoms with van der Waals surface area (Å²) in [5.41, 5.74) is 1.84.